The molecule has 102 valence electrons. The third-order valence-corrected chi connectivity index (χ3v) is 9.45. The zero-order valence-corrected chi connectivity index (χ0v) is 15.1. The summed E-state index contributed by atoms with van der Waals surface area (Å²) in [5, 5.41) is 0. The Morgan fingerprint density at radius 2 is 1.65 bits per heavy atom. The Kier molecular flexibility index (Phi) is 5.93. The highest BCUT2D eigenvalue weighted by atomic mass is 28.3. The van der Waals surface area contributed by atoms with Gasteiger partial charge < -0.3 is 4.57 Å². The van der Waals surface area contributed by atoms with E-state index in [4.69, 9.17) is 0 Å². The van der Waals surface area contributed by atoms with Crippen LogP contribution >= 0.6 is 0 Å². The van der Waals surface area contributed by atoms with Crippen molar-refractivity contribution in [3.63, 3.8) is 0 Å². The number of rotatable bonds is 5. The Morgan fingerprint density at radius 3 is 2.12 bits per heavy atom. The van der Waals surface area contributed by atoms with Crippen LogP contribution in [-0.4, -0.2) is 33.7 Å². The second-order valence-electron chi connectivity index (χ2n) is 7.38. The van der Waals surface area contributed by atoms with E-state index >= 15 is 0 Å². The van der Waals surface area contributed by atoms with Crippen molar-refractivity contribution in [1.82, 2.24) is 4.57 Å². The monoisotopic (exact) mass is 271 g/mol. The van der Waals surface area contributed by atoms with E-state index in [0.29, 0.717) is 0 Å². The lowest BCUT2D eigenvalue weighted by atomic mass is 10.0. The average molecular weight is 272 g/mol. The van der Waals surface area contributed by atoms with E-state index < -0.39 is 17.0 Å². The molecule has 0 aromatic carbocycles. The van der Waals surface area contributed by atoms with Crippen molar-refractivity contribution in [2.24, 2.45) is 0 Å². The maximum Gasteiger partial charge on any atom is 0.109 e. The molecule has 0 N–H and O–H groups in total. The van der Waals surface area contributed by atoms with E-state index in [-0.39, 0.29) is 0 Å². The van der Waals surface area contributed by atoms with Gasteiger partial charge in [0.25, 0.3) is 0 Å². The zero-order chi connectivity index (χ0) is 13.1. The van der Waals surface area contributed by atoms with Gasteiger partial charge in [-0.1, -0.05) is 58.9 Å². The standard InChI is InChI=1S/C14H33NSi2/c1-13-9-7-10-14(2)15(13)16(3)11-8-12-17(4,5)6/h13-14,16H,7-12H2,1-6H3. The van der Waals surface area contributed by atoms with Crippen molar-refractivity contribution in [2.75, 3.05) is 0 Å². The topological polar surface area (TPSA) is 3.24 Å². The maximum absolute atomic E-state index is 2.92. The quantitative estimate of drug-likeness (QED) is 0.673. The molecule has 1 aliphatic heterocycles. The largest absolute Gasteiger partial charge is 0.321 e. The summed E-state index contributed by atoms with van der Waals surface area (Å²) < 4.78 is 2.92. The molecule has 3 atom stereocenters. The first-order valence-corrected chi connectivity index (χ1v) is 13.8. The summed E-state index contributed by atoms with van der Waals surface area (Å²) in [5.74, 6) is 0. The fourth-order valence-corrected chi connectivity index (χ4v) is 8.19. The summed E-state index contributed by atoms with van der Waals surface area (Å²) in [5.41, 5.74) is 0. The van der Waals surface area contributed by atoms with Gasteiger partial charge in [0.1, 0.15) is 8.96 Å². The highest BCUT2D eigenvalue weighted by Crippen LogP contribution is 2.26. The van der Waals surface area contributed by atoms with Gasteiger partial charge in [0.05, 0.1) is 0 Å². The first-order chi connectivity index (χ1) is 7.81. The highest BCUT2D eigenvalue weighted by Gasteiger charge is 2.29. The van der Waals surface area contributed by atoms with Crippen molar-refractivity contribution in [3.05, 3.63) is 0 Å². The molecule has 0 amide bonds. The first kappa shape index (κ1) is 15.5. The molecule has 0 aromatic heterocycles. The van der Waals surface area contributed by atoms with Crippen molar-refractivity contribution in [2.45, 2.75) is 89.9 Å². The lowest BCUT2D eigenvalue weighted by Crippen LogP contribution is -2.51. The lowest BCUT2D eigenvalue weighted by Gasteiger charge is -2.43. The van der Waals surface area contributed by atoms with Crippen LogP contribution < -0.4 is 0 Å². The molecule has 1 saturated heterocycles. The van der Waals surface area contributed by atoms with Crippen LogP contribution in [0.5, 0.6) is 0 Å². The Bertz CT molecular complexity index is 215. The summed E-state index contributed by atoms with van der Waals surface area (Å²) in [6.07, 6.45) is 5.83. The molecule has 1 heterocycles. The van der Waals surface area contributed by atoms with E-state index in [1.54, 1.807) is 6.04 Å². The minimum Gasteiger partial charge on any atom is -0.321 e. The maximum atomic E-state index is 2.92. The molecule has 1 aliphatic rings. The minimum atomic E-state index is -0.804. The normalized spacial score (nSPS) is 29.3. The molecular weight excluding hydrogens is 238 g/mol. The second-order valence-corrected chi connectivity index (χ2v) is 15.9. The highest BCUT2D eigenvalue weighted by molar-refractivity contribution is 6.76. The molecule has 0 spiro atoms. The van der Waals surface area contributed by atoms with Gasteiger partial charge in [0.2, 0.25) is 0 Å². The van der Waals surface area contributed by atoms with Crippen LogP contribution in [-0.2, 0) is 0 Å². The number of hydrogen-bond acceptors (Lipinski definition) is 1. The van der Waals surface area contributed by atoms with Crippen LogP contribution in [0.3, 0.4) is 0 Å². The number of nitrogens with zero attached hydrogens (tertiary/aromatic N) is 1. The van der Waals surface area contributed by atoms with Crippen LogP contribution in [0, 0.1) is 0 Å². The molecule has 1 rings (SSSR count). The predicted octanol–water partition coefficient (Wildman–Crippen LogP) is 4.33. The van der Waals surface area contributed by atoms with Crippen molar-refractivity contribution in [1.29, 1.82) is 0 Å². The summed E-state index contributed by atoms with van der Waals surface area (Å²) in [7, 11) is -1.44. The number of piperidine rings is 1. The Morgan fingerprint density at radius 1 is 1.12 bits per heavy atom. The summed E-state index contributed by atoms with van der Waals surface area (Å²) in [6, 6.07) is 4.81. The second kappa shape index (κ2) is 6.53. The Hall–Kier alpha value is 0.394. The molecule has 0 aliphatic carbocycles. The fourth-order valence-electron chi connectivity index (χ4n) is 3.39. The molecule has 3 heteroatoms. The SMILES string of the molecule is CC1CCCC(C)N1[SiH](C)CCC[Si](C)(C)C. The van der Waals surface area contributed by atoms with E-state index in [2.05, 4.69) is 44.6 Å². The minimum absolute atomic E-state index is 0.633. The molecule has 1 fully saturated rings. The van der Waals surface area contributed by atoms with Gasteiger partial charge in [-0.15, -0.1) is 0 Å². The van der Waals surface area contributed by atoms with E-state index in [9.17, 15) is 0 Å². The van der Waals surface area contributed by atoms with E-state index in [0.717, 1.165) is 12.1 Å². The van der Waals surface area contributed by atoms with E-state index in [1.165, 1.54) is 31.7 Å². The van der Waals surface area contributed by atoms with Gasteiger partial charge in [-0.05, 0) is 18.9 Å². The average Bonchev–Trinajstić information content (AvgIpc) is 2.15. The molecule has 0 saturated carbocycles. The van der Waals surface area contributed by atoms with Crippen molar-refractivity contribution >= 4 is 17.0 Å². The van der Waals surface area contributed by atoms with Gasteiger partial charge in [0.15, 0.2) is 0 Å². The molecule has 17 heavy (non-hydrogen) atoms. The molecule has 0 radical (unpaired) electrons. The van der Waals surface area contributed by atoms with Gasteiger partial charge in [0, 0.05) is 20.2 Å². The van der Waals surface area contributed by atoms with Crippen molar-refractivity contribution < 1.29 is 0 Å². The van der Waals surface area contributed by atoms with Crippen molar-refractivity contribution in [3.8, 4) is 0 Å². The van der Waals surface area contributed by atoms with Gasteiger partial charge in [-0.25, -0.2) is 0 Å². The fraction of sp³-hybridized carbons (Fsp3) is 1.00. The first-order valence-electron chi connectivity index (χ1n) is 7.58. The molecule has 0 aromatic rings. The zero-order valence-electron chi connectivity index (χ0n) is 12.9. The van der Waals surface area contributed by atoms with Gasteiger partial charge >= 0.3 is 0 Å². The van der Waals surface area contributed by atoms with Crippen LogP contribution in [0.15, 0.2) is 0 Å². The predicted molar refractivity (Wildman–Crippen MR) is 85.2 cm³/mol. The van der Waals surface area contributed by atoms with Crippen LogP contribution in [0.4, 0.5) is 0 Å². The third-order valence-electron chi connectivity index (χ3n) is 4.32. The smallest absolute Gasteiger partial charge is 0.109 e. The van der Waals surface area contributed by atoms with E-state index in [1.807, 2.05) is 0 Å². The Balaban J connectivity index is 2.37. The summed E-state index contributed by atoms with van der Waals surface area (Å²) in [4.78, 5) is 0. The third kappa shape index (κ3) is 5.27. The lowest BCUT2D eigenvalue weighted by molar-refractivity contribution is 0.200. The van der Waals surface area contributed by atoms with Crippen LogP contribution in [0.25, 0.3) is 0 Å². The molecular formula is C14H33NSi2. The summed E-state index contributed by atoms with van der Waals surface area (Å²) in [6.45, 7) is 15.0. The van der Waals surface area contributed by atoms with Crippen LogP contribution in [0.2, 0.25) is 38.3 Å². The Labute approximate surface area is 112 Å². The summed E-state index contributed by atoms with van der Waals surface area (Å²) >= 11 is 0. The van der Waals surface area contributed by atoms with Gasteiger partial charge in [-0.2, -0.15) is 0 Å². The molecule has 0 bridgehead atoms. The molecule has 3 unspecified atom stereocenters. The molecule has 1 nitrogen and oxygen atoms in total. The van der Waals surface area contributed by atoms with Gasteiger partial charge in [-0.3, -0.25) is 0 Å². The number of hydrogen-bond donors (Lipinski definition) is 0. The van der Waals surface area contributed by atoms with Crippen LogP contribution in [0.1, 0.15) is 39.5 Å².